The zero-order valence-electron chi connectivity index (χ0n) is 20.5. The summed E-state index contributed by atoms with van der Waals surface area (Å²) in [5.74, 6) is 2.94. The van der Waals surface area contributed by atoms with Crippen LogP contribution in [0.3, 0.4) is 0 Å². The van der Waals surface area contributed by atoms with Crippen LogP contribution in [0.2, 0.25) is 0 Å². The monoisotopic (exact) mass is 490 g/mol. The molecule has 3 aromatic rings. The molecule has 2 heterocycles. The number of thioether (sulfide) groups is 1. The average molecular weight is 491 g/mol. The van der Waals surface area contributed by atoms with E-state index in [1.807, 2.05) is 48.2 Å². The number of piperazine rings is 1. The Morgan fingerprint density at radius 3 is 2.57 bits per heavy atom. The summed E-state index contributed by atoms with van der Waals surface area (Å²) in [6, 6.07) is 18.0. The molecule has 0 radical (unpaired) electrons. The molecule has 8 heteroatoms. The summed E-state index contributed by atoms with van der Waals surface area (Å²) in [6.45, 7) is 9.24. The Labute approximate surface area is 212 Å². The van der Waals surface area contributed by atoms with Crippen LogP contribution in [0.25, 0.3) is 11.3 Å². The number of hydrogen-bond acceptors (Lipinski definition) is 7. The molecule has 35 heavy (non-hydrogen) atoms. The van der Waals surface area contributed by atoms with Gasteiger partial charge in [-0.05, 0) is 60.9 Å². The number of nitrogens with one attached hydrogen (secondary N) is 2. The standard InChI is InChI=1S/C27H34N6OS/c1-3-35-19-5-14-32-15-17-33(18-16-32)25-7-4-6-24(20-25)30-27-28-13-12-26(31-27)22-8-10-23(11-9-22)29-21(2)34/h4,6-13,20H,3,5,14-19H2,1-2H3,(H,29,34)(H,28,30,31). The van der Waals surface area contributed by atoms with Crippen molar-refractivity contribution in [2.45, 2.75) is 20.3 Å². The van der Waals surface area contributed by atoms with Gasteiger partial charge in [-0.25, -0.2) is 9.97 Å². The fourth-order valence-electron chi connectivity index (χ4n) is 4.18. The van der Waals surface area contributed by atoms with Gasteiger partial charge in [-0.3, -0.25) is 9.69 Å². The molecule has 0 unspecified atom stereocenters. The number of carbonyl (C=O) groups excluding carboxylic acids is 1. The van der Waals surface area contributed by atoms with Crippen LogP contribution in [-0.2, 0) is 4.79 Å². The van der Waals surface area contributed by atoms with E-state index in [2.05, 4.69) is 50.5 Å². The minimum absolute atomic E-state index is 0.0861. The van der Waals surface area contributed by atoms with Crippen molar-refractivity contribution in [3.63, 3.8) is 0 Å². The highest BCUT2D eigenvalue weighted by molar-refractivity contribution is 7.99. The maximum atomic E-state index is 11.2. The molecule has 1 aliphatic rings. The lowest BCUT2D eigenvalue weighted by Gasteiger charge is -2.36. The highest BCUT2D eigenvalue weighted by Crippen LogP contribution is 2.25. The molecule has 1 saturated heterocycles. The predicted molar refractivity (Wildman–Crippen MR) is 148 cm³/mol. The van der Waals surface area contributed by atoms with Gasteiger partial charge >= 0.3 is 0 Å². The second kappa shape index (κ2) is 12.6. The number of aromatic nitrogens is 2. The molecule has 0 saturated carbocycles. The van der Waals surface area contributed by atoms with Crippen LogP contribution in [0.1, 0.15) is 20.3 Å². The molecule has 1 amide bonds. The van der Waals surface area contributed by atoms with E-state index in [-0.39, 0.29) is 5.91 Å². The molecule has 1 aromatic heterocycles. The first-order valence-corrected chi connectivity index (χ1v) is 13.4. The smallest absolute Gasteiger partial charge is 0.227 e. The Balaban J connectivity index is 1.35. The Hall–Kier alpha value is -3.10. The van der Waals surface area contributed by atoms with Crippen molar-refractivity contribution in [3.05, 3.63) is 60.8 Å². The van der Waals surface area contributed by atoms with Crippen molar-refractivity contribution in [3.8, 4) is 11.3 Å². The summed E-state index contributed by atoms with van der Waals surface area (Å²) < 4.78 is 0. The van der Waals surface area contributed by atoms with Crippen LogP contribution in [-0.4, -0.2) is 65.0 Å². The van der Waals surface area contributed by atoms with E-state index in [0.29, 0.717) is 5.95 Å². The lowest BCUT2D eigenvalue weighted by molar-refractivity contribution is -0.114. The molecule has 4 rings (SSSR count). The highest BCUT2D eigenvalue weighted by atomic mass is 32.2. The zero-order chi connectivity index (χ0) is 24.5. The Bertz CT molecular complexity index is 1100. The molecule has 0 bridgehead atoms. The van der Waals surface area contributed by atoms with E-state index < -0.39 is 0 Å². The summed E-state index contributed by atoms with van der Waals surface area (Å²) in [5.41, 5.74) is 4.74. The minimum Gasteiger partial charge on any atom is -0.369 e. The topological polar surface area (TPSA) is 73.4 Å². The fraction of sp³-hybridized carbons (Fsp3) is 0.370. The SMILES string of the molecule is CCSCCCN1CCN(c2cccc(Nc3nccc(-c4ccc(NC(C)=O)cc4)n3)c2)CC1. The molecular weight excluding hydrogens is 456 g/mol. The van der Waals surface area contributed by atoms with Gasteiger partial charge in [-0.2, -0.15) is 11.8 Å². The van der Waals surface area contributed by atoms with Crippen LogP contribution >= 0.6 is 11.8 Å². The molecule has 0 atom stereocenters. The van der Waals surface area contributed by atoms with Gasteiger partial charge in [0.25, 0.3) is 0 Å². The molecule has 7 nitrogen and oxygen atoms in total. The van der Waals surface area contributed by atoms with Gasteiger partial charge in [0, 0.05) is 61.9 Å². The number of amides is 1. The van der Waals surface area contributed by atoms with E-state index in [1.54, 1.807) is 6.20 Å². The van der Waals surface area contributed by atoms with Crippen LogP contribution in [0.5, 0.6) is 0 Å². The van der Waals surface area contributed by atoms with E-state index in [9.17, 15) is 4.79 Å². The van der Waals surface area contributed by atoms with Crippen LogP contribution in [0.15, 0.2) is 60.8 Å². The van der Waals surface area contributed by atoms with Crippen molar-refractivity contribution >= 4 is 40.7 Å². The molecule has 0 aliphatic carbocycles. The first-order chi connectivity index (χ1) is 17.1. The van der Waals surface area contributed by atoms with Crippen molar-refractivity contribution in [1.29, 1.82) is 0 Å². The maximum absolute atomic E-state index is 11.2. The second-order valence-electron chi connectivity index (χ2n) is 8.58. The van der Waals surface area contributed by atoms with Crippen LogP contribution < -0.4 is 15.5 Å². The number of hydrogen-bond donors (Lipinski definition) is 2. The first-order valence-electron chi connectivity index (χ1n) is 12.2. The first kappa shape index (κ1) is 25.0. The van der Waals surface area contributed by atoms with Gasteiger partial charge in [0.2, 0.25) is 11.9 Å². The molecule has 1 fully saturated rings. The zero-order valence-corrected chi connectivity index (χ0v) is 21.4. The largest absolute Gasteiger partial charge is 0.369 e. The quantitative estimate of drug-likeness (QED) is 0.383. The van der Waals surface area contributed by atoms with E-state index >= 15 is 0 Å². The van der Waals surface area contributed by atoms with Crippen molar-refractivity contribution in [2.24, 2.45) is 0 Å². The second-order valence-corrected chi connectivity index (χ2v) is 9.97. The lowest BCUT2D eigenvalue weighted by Crippen LogP contribution is -2.46. The summed E-state index contributed by atoms with van der Waals surface area (Å²) in [7, 11) is 0. The van der Waals surface area contributed by atoms with Crippen molar-refractivity contribution in [2.75, 3.05) is 59.8 Å². The lowest BCUT2D eigenvalue weighted by atomic mass is 10.1. The van der Waals surface area contributed by atoms with Crippen LogP contribution in [0.4, 0.5) is 23.0 Å². The van der Waals surface area contributed by atoms with E-state index in [1.165, 1.54) is 37.1 Å². The van der Waals surface area contributed by atoms with Gasteiger partial charge in [-0.15, -0.1) is 0 Å². The number of benzene rings is 2. The molecular formula is C27H34N6OS. The summed E-state index contributed by atoms with van der Waals surface area (Å²) in [4.78, 5) is 25.4. The van der Waals surface area contributed by atoms with Gasteiger partial charge in [-0.1, -0.05) is 25.1 Å². The van der Waals surface area contributed by atoms with Gasteiger partial charge in [0.1, 0.15) is 0 Å². The third-order valence-corrected chi connectivity index (χ3v) is 6.95. The Morgan fingerprint density at radius 1 is 1.03 bits per heavy atom. The van der Waals surface area contributed by atoms with E-state index in [4.69, 9.17) is 4.98 Å². The van der Waals surface area contributed by atoms with Gasteiger partial charge < -0.3 is 15.5 Å². The predicted octanol–water partition coefficient (Wildman–Crippen LogP) is 5.11. The fourth-order valence-corrected chi connectivity index (χ4v) is 4.80. The van der Waals surface area contributed by atoms with Gasteiger partial charge in [0.05, 0.1) is 5.69 Å². The maximum Gasteiger partial charge on any atom is 0.227 e. The summed E-state index contributed by atoms with van der Waals surface area (Å²) in [6.07, 6.45) is 3.03. The molecule has 184 valence electrons. The number of nitrogens with zero attached hydrogens (tertiary/aromatic N) is 4. The van der Waals surface area contributed by atoms with Gasteiger partial charge in [0.15, 0.2) is 0 Å². The van der Waals surface area contributed by atoms with Crippen LogP contribution in [0, 0.1) is 0 Å². The Kier molecular flexibility index (Phi) is 8.97. The third-order valence-electron chi connectivity index (χ3n) is 5.96. The van der Waals surface area contributed by atoms with E-state index in [0.717, 1.165) is 48.8 Å². The molecule has 0 spiro atoms. The minimum atomic E-state index is -0.0861. The Morgan fingerprint density at radius 2 is 1.83 bits per heavy atom. The molecule has 2 N–H and O–H groups in total. The summed E-state index contributed by atoms with van der Waals surface area (Å²) in [5, 5.41) is 6.15. The number of rotatable bonds is 10. The third kappa shape index (κ3) is 7.44. The van der Waals surface area contributed by atoms with Crippen molar-refractivity contribution < 1.29 is 4.79 Å². The normalized spacial score (nSPS) is 14.1. The molecule has 2 aromatic carbocycles. The summed E-state index contributed by atoms with van der Waals surface area (Å²) >= 11 is 2.03. The van der Waals surface area contributed by atoms with Crippen molar-refractivity contribution in [1.82, 2.24) is 14.9 Å². The highest BCUT2D eigenvalue weighted by Gasteiger charge is 2.17. The number of anilines is 4. The number of carbonyl (C=O) groups is 1. The molecule has 1 aliphatic heterocycles. The average Bonchev–Trinajstić information content (AvgIpc) is 2.87.